The number of nitrogens with zero attached hydrogens (tertiary/aromatic N) is 6. The van der Waals surface area contributed by atoms with Crippen LogP contribution in [-0.4, -0.2) is 121 Å². The van der Waals surface area contributed by atoms with Crippen molar-refractivity contribution in [3.05, 3.63) is 117 Å². The highest BCUT2D eigenvalue weighted by Gasteiger charge is 2.35. The number of piperazine rings is 1. The van der Waals surface area contributed by atoms with Gasteiger partial charge in [-0.15, -0.1) is 0 Å². The zero-order valence-electron chi connectivity index (χ0n) is 44.6. The topological polar surface area (TPSA) is 121 Å². The standard InChI is InChI=1S/C48H61F3N6O5.C2H5NO.3C2H6/c1-36(7-6-24-58)52(2)32-41-28-43(15-14-40(41)34-59)55-22-20-54(21-23-55)29-37-10-12-38(13-11-37)35-61-25-26-62-44-16-18-53(19-17-44)30-39-27-45(48(49,50)51)46-33-56(47(60)57(46)31-39)42-8-4-3-5-9-42;1-3-2-4;3*1-2/h3-4,10-15,24,27-28,31,33-34,36,42,44H,5-9,16-23,25-26,29-30,32,35H2,1-2H3;2H,1H3,(H,3,4);3*1-2H3. The predicted octanol–water partition coefficient (Wildman–Crippen LogP) is 9.97. The van der Waals surface area contributed by atoms with Gasteiger partial charge in [-0.1, -0.05) is 78.0 Å². The number of carbonyl (C=O) groups is 3. The minimum Gasteiger partial charge on any atom is -0.376 e. The van der Waals surface area contributed by atoms with Crippen molar-refractivity contribution in [2.24, 2.45) is 0 Å². The molecule has 13 nitrogen and oxygen atoms in total. The van der Waals surface area contributed by atoms with E-state index in [-0.39, 0.29) is 23.7 Å². The molecule has 0 radical (unpaired) electrons. The fraction of sp³-hybridized carbons (Fsp3) is 0.571. The quantitative estimate of drug-likeness (QED) is 0.0521. The van der Waals surface area contributed by atoms with Crippen LogP contribution in [0.4, 0.5) is 18.9 Å². The summed E-state index contributed by atoms with van der Waals surface area (Å²) in [5.74, 6) is 0. The highest BCUT2D eigenvalue weighted by atomic mass is 19.4. The number of hydrogen-bond donors (Lipinski definition) is 1. The summed E-state index contributed by atoms with van der Waals surface area (Å²) in [5, 5.41) is 2.25. The van der Waals surface area contributed by atoms with Crippen molar-refractivity contribution in [1.82, 2.24) is 29.0 Å². The van der Waals surface area contributed by atoms with Gasteiger partial charge in [0.25, 0.3) is 0 Å². The van der Waals surface area contributed by atoms with Crippen molar-refractivity contribution in [3.8, 4) is 0 Å². The van der Waals surface area contributed by atoms with Crippen molar-refractivity contribution < 1.29 is 37.0 Å². The first-order valence-electron chi connectivity index (χ1n) is 26.2. The molecule has 1 N–H and O–H groups in total. The van der Waals surface area contributed by atoms with Crippen LogP contribution in [-0.2, 0) is 51.5 Å². The Morgan fingerprint density at radius 3 is 2.04 bits per heavy atom. The van der Waals surface area contributed by atoms with Crippen molar-refractivity contribution in [2.75, 3.05) is 71.5 Å². The third kappa shape index (κ3) is 18.7. The molecule has 4 heterocycles. The second kappa shape index (κ2) is 32.8. The van der Waals surface area contributed by atoms with Crippen molar-refractivity contribution in [1.29, 1.82) is 0 Å². The maximum absolute atomic E-state index is 14.2. The van der Waals surface area contributed by atoms with Crippen LogP contribution in [0.25, 0.3) is 5.52 Å². The molecule has 72 heavy (non-hydrogen) atoms. The predicted molar refractivity (Wildman–Crippen MR) is 284 cm³/mol. The number of piperidine rings is 1. The number of hydrogen-bond acceptors (Lipinski definition) is 10. The highest BCUT2D eigenvalue weighted by Crippen LogP contribution is 2.34. The molecule has 1 aliphatic carbocycles. The third-order valence-electron chi connectivity index (χ3n) is 13.0. The van der Waals surface area contributed by atoms with E-state index in [1.807, 2.05) is 72.9 Å². The van der Waals surface area contributed by atoms with E-state index in [9.17, 15) is 27.6 Å². The van der Waals surface area contributed by atoms with Gasteiger partial charge in [0.1, 0.15) is 12.6 Å². The Kier molecular flexibility index (Phi) is 27.9. The monoisotopic (exact) mass is 1010 g/mol. The maximum atomic E-state index is 14.2. The molecule has 1 amide bonds. The van der Waals surface area contributed by atoms with Crippen molar-refractivity contribution in [2.45, 2.75) is 144 Å². The average Bonchev–Trinajstić information content (AvgIpc) is 3.75. The number of aromatic nitrogens is 2. The van der Waals surface area contributed by atoms with E-state index in [0.29, 0.717) is 76.4 Å². The lowest BCUT2D eigenvalue weighted by molar-refractivity contribution is -0.136. The van der Waals surface area contributed by atoms with Crippen molar-refractivity contribution >= 4 is 30.2 Å². The van der Waals surface area contributed by atoms with E-state index in [4.69, 9.17) is 14.3 Å². The summed E-state index contributed by atoms with van der Waals surface area (Å²) >= 11 is 0. The molecule has 2 unspecified atom stereocenters. The molecule has 2 aromatic heterocycles. The van der Waals surface area contributed by atoms with Crippen LogP contribution in [0.2, 0.25) is 0 Å². The number of halogens is 3. The second-order valence-electron chi connectivity index (χ2n) is 17.7. The summed E-state index contributed by atoms with van der Waals surface area (Å²) in [6, 6.07) is 16.0. The minimum atomic E-state index is -4.57. The van der Waals surface area contributed by atoms with Gasteiger partial charge in [-0.2, -0.15) is 13.2 Å². The number of likely N-dealkylation sites (tertiary alicyclic amines) is 1. The van der Waals surface area contributed by atoms with Gasteiger partial charge >= 0.3 is 11.9 Å². The third-order valence-corrected chi connectivity index (χ3v) is 13.0. The van der Waals surface area contributed by atoms with Gasteiger partial charge in [-0.25, -0.2) is 4.79 Å². The summed E-state index contributed by atoms with van der Waals surface area (Å²) in [5.41, 5.74) is 4.38. The van der Waals surface area contributed by atoms with Crippen LogP contribution >= 0.6 is 0 Å². The molecule has 3 aliphatic rings. The summed E-state index contributed by atoms with van der Waals surface area (Å²) in [4.78, 5) is 54.2. The van der Waals surface area contributed by atoms with Gasteiger partial charge in [0.15, 0.2) is 0 Å². The van der Waals surface area contributed by atoms with Gasteiger partial charge < -0.3 is 24.5 Å². The van der Waals surface area contributed by atoms with E-state index in [0.717, 1.165) is 94.2 Å². The lowest BCUT2D eigenvalue weighted by Gasteiger charge is -2.36. The largest absolute Gasteiger partial charge is 0.418 e. The summed E-state index contributed by atoms with van der Waals surface area (Å²) in [6.07, 6.45) is 10.0. The van der Waals surface area contributed by atoms with Crippen LogP contribution < -0.4 is 15.9 Å². The summed E-state index contributed by atoms with van der Waals surface area (Å²) in [6.45, 7) is 22.5. The van der Waals surface area contributed by atoms with E-state index in [2.05, 4.69) is 62.2 Å². The molecular weight excluding hydrogens is 924 g/mol. The number of carbonyl (C=O) groups excluding carboxylic acids is 3. The number of allylic oxidation sites excluding steroid dienone is 2. The smallest absolute Gasteiger partial charge is 0.376 e. The molecule has 2 aliphatic heterocycles. The molecule has 2 aromatic carbocycles. The number of fused-ring (bicyclic) bond motifs is 1. The molecule has 7 rings (SSSR count). The molecule has 16 heteroatoms. The molecule has 4 aromatic rings. The Morgan fingerprint density at radius 2 is 1.44 bits per heavy atom. The van der Waals surface area contributed by atoms with Crippen LogP contribution in [0, 0.1) is 0 Å². The maximum Gasteiger partial charge on any atom is 0.418 e. The van der Waals surface area contributed by atoms with Gasteiger partial charge in [0.05, 0.1) is 37.0 Å². The number of aldehydes is 2. The number of nitrogens with one attached hydrogen (secondary N) is 1. The van der Waals surface area contributed by atoms with Crippen molar-refractivity contribution in [3.63, 3.8) is 0 Å². The molecule has 0 saturated carbocycles. The van der Waals surface area contributed by atoms with E-state index in [1.165, 1.54) is 26.8 Å². The number of amides is 1. The summed E-state index contributed by atoms with van der Waals surface area (Å²) < 4.78 is 57.4. The molecule has 2 saturated heterocycles. The molecule has 0 spiro atoms. The Balaban J connectivity index is 0.00000127. The van der Waals surface area contributed by atoms with E-state index >= 15 is 0 Å². The lowest BCUT2D eigenvalue weighted by Crippen LogP contribution is -2.46. The number of anilines is 1. The van der Waals surface area contributed by atoms with E-state index in [1.54, 1.807) is 13.2 Å². The van der Waals surface area contributed by atoms with Crippen LogP contribution in [0.3, 0.4) is 0 Å². The summed E-state index contributed by atoms with van der Waals surface area (Å²) in [7, 11) is 3.60. The SMILES string of the molecule is CC.CC.CC.CC(CCC=O)N(C)Cc1cc(N2CCN(Cc3ccc(COCCOC4CCN(Cc5cc(C(F)(F)F)c6cn(C7CC=CCC7)c(=O)n6c5)CC4)cc3)CC2)ccc1C=O.CNC=O. The Labute approximate surface area is 427 Å². The van der Waals surface area contributed by atoms with Gasteiger partial charge in [-0.3, -0.25) is 33.3 Å². The fourth-order valence-electron chi connectivity index (χ4n) is 8.98. The molecule has 2 fully saturated rings. The zero-order chi connectivity index (χ0) is 53.1. The Morgan fingerprint density at radius 1 is 0.806 bits per heavy atom. The first-order chi connectivity index (χ1) is 34.9. The second-order valence-corrected chi connectivity index (χ2v) is 17.7. The molecular formula is C56H84F3N7O6. The molecule has 400 valence electrons. The number of rotatable bonds is 20. The van der Waals surface area contributed by atoms with Crippen LogP contribution in [0.5, 0.6) is 0 Å². The first-order valence-corrected chi connectivity index (χ1v) is 26.2. The number of pyridine rings is 1. The van der Waals surface area contributed by atoms with Gasteiger partial charge in [0, 0.05) is 108 Å². The van der Waals surface area contributed by atoms with Crippen LogP contribution in [0.15, 0.2) is 77.9 Å². The fourth-order valence-corrected chi connectivity index (χ4v) is 8.98. The highest BCUT2D eigenvalue weighted by molar-refractivity contribution is 5.78. The Bertz CT molecular complexity index is 2270. The first kappa shape index (κ1) is 61.2. The normalized spacial score (nSPS) is 16.7. The van der Waals surface area contributed by atoms with Gasteiger partial charge in [0.2, 0.25) is 6.41 Å². The molecule has 2 atom stereocenters. The Hall–Kier alpha value is -5.13. The average molecular weight is 1010 g/mol. The molecule has 0 bridgehead atoms. The van der Waals surface area contributed by atoms with Gasteiger partial charge in [-0.05, 0) is 99.0 Å². The number of ether oxygens (including phenoxy) is 2. The van der Waals surface area contributed by atoms with Crippen LogP contribution in [0.1, 0.15) is 138 Å². The lowest BCUT2D eigenvalue weighted by atomic mass is 10.0. The minimum absolute atomic E-state index is 0.0624. The van der Waals surface area contributed by atoms with E-state index < -0.39 is 17.4 Å². The zero-order valence-corrected chi connectivity index (χ0v) is 44.6. The number of imidazole rings is 1. The number of alkyl halides is 3. The number of benzene rings is 2.